The molecule has 2 aromatic carbocycles. The zero-order valence-corrected chi connectivity index (χ0v) is 17.7. The molecule has 4 nitrogen and oxygen atoms in total. The zero-order valence-electron chi connectivity index (χ0n) is 15.6. The summed E-state index contributed by atoms with van der Waals surface area (Å²) in [7, 11) is 0. The number of aromatic nitrogens is 4. The number of hydrogen-bond donors (Lipinski definition) is 0. The van der Waals surface area contributed by atoms with Crippen molar-refractivity contribution in [3.8, 4) is 16.9 Å². The first kappa shape index (κ1) is 17.0. The zero-order chi connectivity index (χ0) is 18.3. The van der Waals surface area contributed by atoms with Gasteiger partial charge in [0, 0.05) is 0 Å². The Kier molecular flexibility index (Phi) is 4.15. The van der Waals surface area contributed by atoms with E-state index in [-0.39, 0.29) is 0 Å². The summed E-state index contributed by atoms with van der Waals surface area (Å²) in [5, 5.41) is 1.07. The average molecular weight is 403 g/mol. The molecule has 0 aliphatic carbocycles. The number of aryl methyl sites for hydroxylation is 1. The van der Waals surface area contributed by atoms with Gasteiger partial charge in [0.05, 0.1) is 0 Å². The number of imidazole rings is 1. The number of hydrogen-bond acceptors (Lipinski definition) is 3. The Morgan fingerprint density at radius 2 is 1.81 bits per heavy atom. The second-order valence-corrected chi connectivity index (χ2v) is 18.2. The molecule has 4 rings (SSSR count). The van der Waals surface area contributed by atoms with Crippen molar-refractivity contribution in [3.05, 3.63) is 67.0 Å². The first-order chi connectivity index (χ1) is 12.4. The van der Waals surface area contributed by atoms with Gasteiger partial charge in [-0.3, -0.25) is 0 Å². The third-order valence-electron chi connectivity index (χ3n) is 4.73. The van der Waals surface area contributed by atoms with E-state index in [0.29, 0.717) is 0 Å². The summed E-state index contributed by atoms with van der Waals surface area (Å²) in [5.41, 5.74) is 5.50. The molecule has 0 radical (unpaired) electrons. The van der Waals surface area contributed by atoms with Crippen LogP contribution in [0.3, 0.4) is 0 Å². The Labute approximate surface area is 156 Å². The third-order valence-corrected chi connectivity index (χ3v) is 9.30. The van der Waals surface area contributed by atoms with E-state index in [2.05, 4.69) is 75.5 Å². The molecule has 5 heteroatoms. The molecule has 0 amide bonds. The van der Waals surface area contributed by atoms with Crippen molar-refractivity contribution < 1.29 is 0 Å². The van der Waals surface area contributed by atoms with Gasteiger partial charge in [-0.1, -0.05) is 0 Å². The van der Waals surface area contributed by atoms with Crippen molar-refractivity contribution in [2.24, 2.45) is 0 Å². The second kappa shape index (κ2) is 6.36. The van der Waals surface area contributed by atoms with Crippen molar-refractivity contribution >= 4 is 28.6 Å². The van der Waals surface area contributed by atoms with E-state index >= 15 is 0 Å². The van der Waals surface area contributed by atoms with Crippen LogP contribution in [-0.2, 0) is 0 Å². The van der Waals surface area contributed by atoms with Crippen LogP contribution in [0.2, 0.25) is 17.3 Å². The topological polar surface area (TPSA) is 43.6 Å². The molecule has 2 heterocycles. The van der Waals surface area contributed by atoms with Crippen molar-refractivity contribution in [2.45, 2.75) is 24.2 Å². The maximum atomic E-state index is 4.59. The van der Waals surface area contributed by atoms with Crippen molar-refractivity contribution in [2.75, 3.05) is 0 Å². The Morgan fingerprint density at radius 1 is 0.962 bits per heavy atom. The van der Waals surface area contributed by atoms with Crippen LogP contribution in [0.4, 0.5) is 0 Å². The van der Waals surface area contributed by atoms with Gasteiger partial charge in [-0.05, 0) is 0 Å². The third kappa shape index (κ3) is 3.05. The normalized spacial score (nSPS) is 11.8. The molecular formula is C21H22GeN4. The van der Waals surface area contributed by atoms with Crippen LogP contribution in [0.25, 0.3) is 27.8 Å². The van der Waals surface area contributed by atoms with Crippen LogP contribution in [0.15, 0.2) is 61.4 Å². The molecule has 0 N–H and O–H groups in total. The fraction of sp³-hybridized carbons (Fsp3) is 0.190. The summed E-state index contributed by atoms with van der Waals surface area (Å²) in [6.45, 7) is 2.22. The quantitative estimate of drug-likeness (QED) is 0.479. The molecule has 0 aliphatic heterocycles. The van der Waals surface area contributed by atoms with E-state index in [9.17, 15) is 0 Å². The molecule has 0 atom stereocenters. The molecule has 0 unspecified atom stereocenters. The van der Waals surface area contributed by atoms with Crippen molar-refractivity contribution in [3.63, 3.8) is 0 Å². The van der Waals surface area contributed by atoms with Gasteiger partial charge in [-0.2, -0.15) is 0 Å². The molecule has 0 aliphatic rings. The van der Waals surface area contributed by atoms with Gasteiger partial charge < -0.3 is 0 Å². The van der Waals surface area contributed by atoms with E-state index in [1.54, 1.807) is 23.2 Å². The van der Waals surface area contributed by atoms with Gasteiger partial charge in [0.1, 0.15) is 0 Å². The Bertz CT molecular complexity index is 1080. The fourth-order valence-electron chi connectivity index (χ4n) is 3.50. The molecule has 0 spiro atoms. The maximum absolute atomic E-state index is 4.59. The monoisotopic (exact) mass is 404 g/mol. The number of benzene rings is 2. The predicted octanol–water partition coefficient (Wildman–Crippen LogP) is 4.34. The van der Waals surface area contributed by atoms with Gasteiger partial charge >= 0.3 is 156 Å². The molecule has 130 valence electrons. The van der Waals surface area contributed by atoms with Crippen LogP contribution < -0.4 is 4.40 Å². The summed E-state index contributed by atoms with van der Waals surface area (Å²) in [5.74, 6) is 7.29. The first-order valence-electron chi connectivity index (χ1n) is 8.78. The van der Waals surface area contributed by atoms with E-state index in [1.807, 2.05) is 10.8 Å². The fourth-order valence-corrected chi connectivity index (χ4v) is 7.36. The molecule has 26 heavy (non-hydrogen) atoms. The van der Waals surface area contributed by atoms with Crippen molar-refractivity contribution in [1.29, 1.82) is 0 Å². The molecule has 2 aromatic heterocycles. The van der Waals surface area contributed by atoms with Gasteiger partial charge in [-0.15, -0.1) is 0 Å². The van der Waals surface area contributed by atoms with E-state index in [4.69, 9.17) is 0 Å². The van der Waals surface area contributed by atoms with Crippen molar-refractivity contribution in [1.82, 2.24) is 19.5 Å². The first-order valence-corrected chi connectivity index (χ1v) is 16.1. The van der Waals surface area contributed by atoms with E-state index < -0.39 is 13.3 Å². The van der Waals surface area contributed by atoms with Gasteiger partial charge in [0.2, 0.25) is 0 Å². The molecule has 4 aromatic rings. The van der Waals surface area contributed by atoms with Gasteiger partial charge in [0.25, 0.3) is 0 Å². The Morgan fingerprint density at radius 3 is 2.50 bits per heavy atom. The predicted molar refractivity (Wildman–Crippen MR) is 110 cm³/mol. The minimum absolute atomic E-state index is 0.941. The Hall–Kier alpha value is -2.47. The SMILES string of the molecule is Cc1cc(-c2ncnc3cc(-n4ccnc4)ccc23)cc[c]1[Ge]([CH3])([CH3])[CH3]. The summed E-state index contributed by atoms with van der Waals surface area (Å²) in [4.78, 5) is 13.2. The molecule has 0 fully saturated rings. The Balaban J connectivity index is 1.83. The molecular weight excluding hydrogens is 381 g/mol. The average Bonchev–Trinajstić information content (AvgIpc) is 3.14. The number of rotatable bonds is 3. The van der Waals surface area contributed by atoms with E-state index in [0.717, 1.165) is 27.8 Å². The second-order valence-electron chi connectivity index (χ2n) is 7.67. The van der Waals surface area contributed by atoms with Crippen LogP contribution in [0, 0.1) is 6.92 Å². The van der Waals surface area contributed by atoms with Crippen LogP contribution in [0.5, 0.6) is 0 Å². The minimum atomic E-state index is -1.85. The molecule has 0 saturated carbocycles. The van der Waals surface area contributed by atoms with Gasteiger partial charge in [0.15, 0.2) is 0 Å². The number of nitrogens with zero attached hydrogens (tertiary/aromatic N) is 4. The number of fused-ring (bicyclic) bond motifs is 1. The molecule has 0 bridgehead atoms. The summed E-state index contributed by atoms with van der Waals surface area (Å²) in [6, 6.07) is 13.1. The standard InChI is InChI=1S/C21H22GeN4/c1-15-11-16(5-8-19(15)22(2,3)4)21-18-7-6-17(26-10-9-23-14-26)12-20(18)24-13-25-21/h5-14H,1-4H3. The van der Waals surface area contributed by atoms with Crippen LogP contribution in [0.1, 0.15) is 5.56 Å². The van der Waals surface area contributed by atoms with Crippen LogP contribution >= 0.6 is 0 Å². The molecule has 0 saturated heterocycles. The summed E-state index contributed by atoms with van der Waals surface area (Å²) < 4.78 is 3.53. The van der Waals surface area contributed by atoms with Gasteiger partial charge in [-0.25, -0.2) is 0 Å². The summed E-state index contributed by atoms with van der Waals surface area (Å²) >= 11 is -1.85. The summed E-state index contributed by atoms with van der Waals surface area (Å²) in [6.07, 6.45) is 7.16. The van der Waals surface area contributed by atoms with Crippen LogP contribution in [-0.4, -0.2) is 32.8 Å². The van der Waals surface area contributed by atoms with E-state index in [1.165, 1.54) is 5.56 Å².